The normalized spacial score (nSPS) is 31.2. The molecule has 4 atom stereocenters. The van der Waals surface area contributed by atoms with Crippen molar-refractivity contribution in [2.75, 3.05) is 13.2 Å². The minimum Gasteiger partial charge on any atom is -0.414 e. The number of nitrogens with one attached hydrogen (secondary N) is 1. The summed E-state index contributed by atoms with van der Waals surface area (Å²) in [5.41, 5.74) is -2.99. The number of nitrogens with zero attached hydrogens (tertiary/aromatic N) is 1. The maximum Gasteiger partial charge on any atom is 0.335 e. The van der Waals surface area contributed by atoms with Gasteiger partial charge in [0.05, 0.1) is 13.2 Å². The Hall–Kier alpha value is -1.13. The van der Waals surface area contributed by atoms with Crippen molar-refractivity contribution in [1.29, 1.82) is 0 Å². The van der Waals surface area contributed by atoms with Crippen LogP contribution >= 0.6 is 0 Å². The molecule has 12 heteroatoms. The van der Waals surface area contributed by atoms with Crippen LogP contribution in [0.1, 0.15) is 61.6 Å². The molecule has 0 saturated carbocycles. The van der Waals surface area contributed by atoms with Crippen LogP contribution in [0.5, 0.6) is 0 Å². The smallest absolute Gasteiger partial charge is 0.335 e. The van der Waals surface area contributed by atoms with Gasteiger partial charge in [0, 0.05) is 12.3 Å². The number of aromatic amines is 1. The largest absolute Gasteiger partial charge is 0.414 e. The van der Waals surface area contributed by atoms with Crippen LogP contribution in [0.2, 0.25) is 22.2 Å². The van der Waals surface area contributed by atoms with E-state index < -0.39 is 59.0 Å². The summed E-state index contributed by atoms with van der Waals surface area (Å²) in [6.45, 7) is 16.0. The van der Waals surface area contributed by atoms with Gasteiger partial charge in [0.2, 0.25) is 0 Å². The fraction of sp³-hybridized carbons (Fsp3) is 0.818. The molecule has 0 unspecified atom stereocenters. The molecule has 34 heavy (non-hydrogen) atoms. The van der Waals surface area contributed by atoms with Gasteiger partial charge in [0.25, 0.3) is 5.56 Å². The summed E-state index contributed by atoms with van der Waals surface area (Å²) >= 11 is 0. The molecular weight excluding hydrogens is 476 g/mol. The molecule has 3 heterocycles. The number of ether oxygens (including phenoxy) is 1. The Morgan fingerprint density at radius 2 is 1.62 bits per heavy atom. The fourth-order valence-corrected chi connectivity index (χ4v) is 16.6. The molecule has 0 radical (unpaired) electrons. The maximum atomic E-state index is 12.6. The Morgan fingerprint density at radius 3 is 2.09 bits per heavy atom. The molecule has 1 aromatic rings. The van der Waals surface area contributed by atoms with Crippen LogP contribution in [0.25, 0.3) is 0 Å². The van der Waals surface area contributed by atoms with Crippen molar-refractivity contribution in [3.8, 4) is 0 Å². The molecule has 2 aliphatic heterocycles. The fourth-order valence-electron chi connectivity index (χ4n) is 5.33. The van der Waals surface area contributed by atoms with Crippen molar-refractivity contribution in [2.45, 2.75) is 102 Å². The van der Waals surface area contributed by atoms with E-state index in [0.29, 0.717) is 0 Å². The van der Waals surface area contributed by atoms with Crippen molar-refractivity contribution < 1.29 is 27.9 Å². The minimum absolute atomic E-state index is 0.0111. The minimum atomic E-state index is -3.08. The highest BCUT2D eigenvalue weighted by molar-refractivity contribution is 6.84. The van der Waals surface area contributed by atoms with E-state index >= 15 is 0 Å². The molecule has 10 nitrogen and oxygen atoms in total. The second-order valence-electron chi connectivity index (χ2n) is 10.7. The van der Waals surface area contributed by atoms with E-state index in [4.69, 9.17) is 17.7 Å². The van der Waals surface area contributed by atoms with Crippen LogP contribution in [-0.2, 0) is 17.7 Å². The van der Waals surface area contributed by atoms with E-state index in [-0.39, 0.29) is 28.8 Å². The van der Waals surface area contributed by atoms with Crippen molar-refractivity contribution in [2.24, 2.45) is 0 Å². The second kappa shape index (κ2) is 9.73. The van der Waals surface area contributed by atoms with Gasteiger partial charge in [-0.3, -0.25) is 14.3 Å². The third kappa shape index (κ3) is 4.32. The van der Waals surface area contributed by atoms with Crippen LogP contribution in [-0.4, -0.2) is 67.9 Å². The summed E-state index contributed by atoms with van der Waals surface area (Å²) in [6, 6.07) is 1.17. The van der Waals surface area contributed by atoms with Gasteiger partial charge >= 0.3 is 22.8 Å². The summed E-state index contributed by atoms with van der Waals surface area (Å²) in [7, 11) is -5.90. The van der Waals surface area contributed by atoms with Crippen molar-refractivity contribution in [1.82, 2.24) is 9.55 Å². The molecule has 0 aromatic carbocycles. The zero-order chi connectivity index (χ0) is 25.6. The lowest BCUT2D eigenvalue weighted by molar-refractivity contribution is -0.134. The number of hydrogen-bond donors (Lipinski definition) is 3. The Bertz CT molecular complexity index is 962. The third-order valence-corrected chi connectivity index (χ3v) is 17.5. The number of aliphatic hydroxyl groups is 2. The van der Waals surface area contributed by atoms with Gasteiger partial charge in [-0.05, 0) is 22.2 Å². The monoisotopic (exact) mass is 516 g/mol. The van der Waals surface area contributed by atoms with E-state index in [1.807, 2.05) is 0 Å². The van der Waals surface area contributed by atoms with Crippen LogP contribution in [0.4, 0.5) is 0 Å². The predicted octanol–water partition coefficient (Wildman–Crippen LogP) is 2.11. The van der Waals surface area contributed by atoms with Crippen molar-refractivity contribution >= 4 is 17.1 Å². The van der Waals surface area contributed by atoms with Gasteiger partial charge in [-0.1, -0.05) is 55.4 Å². The molecular formula is C22H40N2O8Si2. The SMILES string of the molecule is CC(C)[Si]1(C(C)C)OC[C@@H]2O[C@H](n3ccc(=O)[nH]c3=O)[C@@](O)(CO)[C@H]2O[Si](C(C)C)(C(C)C)O1. The standard InChI is InChI=1S/C22H40N2O8Si2/c1-13(2)33(14(3)4)29-11-17-19(31-34(32-33,15(5)6)16(7)8)22(28,12-25)20(30-17)24-10-9-18(26)23-21(24)27/h9-10,13-17,19-20,25,28H,11-12H2,1-8H3,(H,23,26,27)/t17-,19-,20-,22+/m0/s1. The number of rotatable bonds is 6. The van der Waals surface area contributed by atoms with Crippen LogP contribution < -0.4 is 11.2 Å². The van der Waals surface area contributed by atoms with Crippen LogP contribution in [0.3, 0.4) is 0 Å². The van der Waals surface area contributed by atoms with E-state index in [9.17, 15) is 19.8 Å². The molecule has 194 valence electrons. The first-order valence-corrected chi connectivity index (χ1v) is 16.0. The van der Waals surface area contributed by atoms with Crippen molar-refractivity contribution in [3.63, 3.8) is 0 Å². The number of fused-ring (bicyclic) bond motifs is 1. The third-order valence-electron chi connectivity index (χ3n) is 7.24. The van der Waals surface area contributed by atoms with Gasteiger partial charge in [0.1, 0.15) is 12.2 Å². The first-order valence-electron chi connectivity index (χ1n) is 12.1. The first-order chi connectivity index (χ1) is 15.7. The topological polar surface area (TPSA) is 132 Å². The number of aliphatic hydroxyl groups excluding tert-OH is 1. The average Bonchev–Trinajstić information content (AvgIpc) is 2.98. The molecule has 2 aliphatic rings. The molecule has 0 aliphatic carbocycles. The van der Waals surface area contributed by atoms with E-state index in [1.165, 1.54) is 12.3 Å². The Balaban J connectivity index is 2.18. The molecule has 2 saturated heterocycles. The van der Waals surface area contributed by atoms with Gasteiger partial charge in [-0.25, -0.2) is 4.79 Å². The van der Waals surface area contributed by atoms with Crippen molar-refractivity contribution in [3.05, 3.63) is 33.1 Å². The zero-order valence-electron chi connectivity index (χ0n) is 21.4. The first kappa shape index (κ1) is 27.5. The highest BCUT2D eigenvalue weighted by atomic mass is 28.5. The number of hydrogen-bond acceptors (Lipinski definition) is 8. The van der Waals surface area contributed by atoms with E-state index in [0.717, 1.165) is 4.57 Å². The van der Waals surface area contributed by atoms with E-state index in [1.54, 1.807) is 0 Å². The second-order valence-corrected chi connectivity index (χ2v) is 19.6. The lowest BCUT2D eigenvalue weighted by Gasteiger charge is -2.52. The summed E-state index contributed by atoms with van der Waals surface area (Å²) in [5, 5.41) is 22.1. The molecule has 0 amide bonds. The van der Waals surface area contributed by atoms with Gasteiger partial charge in [0.15, 0.2) is 11.8 Å². The summed E-state index contributed by atoms with van der Waals surface area (Å²) in [4.78, 5) is 26.3. The lowest BCUT2D eigenvalue weighted by Crippen LogP contribution is -2.67. The predicted molar refractivity (Wildman–Crippen MR) is 131 cm³/mol. The highest BCUT2D eigenvalue weighted by Gasteiger charge is 2.65. The summed E-state index contributed by atoms with van der Waals surface area (Å²) < 4.78 is 27.9. The molecule has 2 fully saturated rings. The average molecular weight is 517 g/mol. The Labute approximate surface area is 202 Å². The number of H-pyrrole nitrogens is 1. The summed E-state index contributed by atoms with van der Waals surface area (Å²) in [6.07, 6.45) is -1.78. The van der Waals surface area contributed by atoms with Crippen LogP contribution in [0.15, 0.2) is 21.9 Å². The zero-order valence-corrected chi connectivity index (χ0v) is 23.4. The Kier molecular flexibility index (Phi) is 7.86. The lowest BCUT2D eigenvalue weighted by atomic mass is 9.95. The van der Waals surface area contributed by atoms with Gasteiger partial charge < -0.3 is 27.9 Å². The molecule has 0 spiro atoms. The van der Waals surface area contributed by atoms with Gasteiger partial charge in [-0.2, -0.15) is 0 Å². The molecule has 3 rings (SSSR count). The van der Waals surface area contributed by atoms with Crippen LogP contribution in [0, 0.1) is 0 Å². The van der Waals surface area contributed by atoms with Gasteiger partial charge in [-0.15, -0.1) is 0 Å². The Morgan fingerprint density at radius 1 is 1.06 bits per heavy atom. The quantitative estimate of drug-likeness (QED) is 0.490. The highest BCUT2D eigenvalue weighted by Crippen LogP contribution is 2.50. The molecule has 0 bridgehead atoms. The molecule has 3 N–H and O–H groups in total. The summed E-state index contributed by atoms with van der Waals surface area (Å²) in [5.74, 6) is 0. The maximum absolute atomic E-state index is 12.6. The van der Waals surface area contributed by atoms with E-state index in [2.05, 4.69) is 60.4 Å². The number of aromatic nitrogens is 2. The molecule has 1 aromatic heterocycles.